The van der Waals surface area contributed by atoms with Gasteiger partial charge in [-0.25, -0.2) is 19.2 Å². The lowest BCUT2D eigenvalue weighted by atomic mass is 9.64. The van der Waals surface area contributed by atoms with E-state index in [0.29, 0.717) is 62.5 Å². The van der Waals surface area contributed by atoms with Gasteiger partial charge in [-0.1, -0.05) is 64.1 Å². The van der Waals surface area contributed by atoms with Gasteiger partial charge >= 0.3 is 52.4 Å². The van der Waals surface area contributed by atoms with Crippen molar-refractivity contribution in [3.8, 4) is 23.0 Å². The van der Waals surface area contributed by atoms with Gasteiger partial charge < -0.3 is 59.1 Å². The molecule has 0 aromatic heterocycles. The molecule has 0 bridgehead atoms. The molecule has 0 spiro atoms. The third kappa shape index (κ3) is 17.9. The summed E-state index contributed by atoms with van der Waals surface area (Å²) in [4.78, 5) is 92.2. The molecule has 0 amide bonds. The van der Waals surface area contributed by atoms with Gasteiger partial charge in [0.2, 0.25) is 0 Å². The van der Waals surface area contributed by atoms with Crippen molar-refractivity contribution < 1.29 is 97.5 Å². The van der Waals surface area contributed by atoms with Crippen LogP contribution < -0.4 is 18.6 Å². The number of carboxylic acid groups (broad SMARTS) is 4. The predicted molar refractivity (Wildman–Crippen MR) is 315 cm³/mol. The molecule has 20 nitrogen and oxygen atoms in total. The number of hydrogen-bond acceptors (Lipinski definition) is 16. The second-order valence-electron chi connectivity index (χ2n) is 22.2. The number of carbonyl (C=O) groups is 8. The third-order valence-electron chi connectivity index (χ3n) is 15.0. The van der Waals surface area contributed by atoms with Crippen molar-refractivity contribution in [2.24, 2.45) is 0 Å². The van der Waals surface area contributed by atoms with Gasteiger partial charge in [0.05, 0.1) is 0 Å². The van der Waals surface area contributed by atoms with Crippen LogP contribution in [0.5, 0.6) is 23.0 Å². The average molecular weight is 1160 g/mol. The zero-order valence-corrected chi connectivity index (χ0v) is 49.0. The summed E-state index contributed by atoms with van der Waals surface area (Å²) in [5.41, 5.74) is 6.08. The summed E-state index contributed by atoms with van der Waals surface area (Å²) >= 11 is 0. The highest BCUT2D eigenvalue weighted by Gasteiger charge is 2.42. The Hall–Kier alpha value is -7.26. The summed E-state index contributed by atoms with van der Waals surface area (Å²) in [6.45, 7) is 14.7. The van der Waals surface area contributed by atoms with E-state index in [1.54, 1.807) is 38.1 Å². The van der Waals surface area contributed by atoms with Crippen molar-refractivity contribution in [1.82, 2.24) is 0 Å². The van der Waals surface area contributed by atoms with E-state index >= 15 is 0 Å². The third-order valence-corrected chi connectivity index (χ3v) is 15.0. The van der Waals surface area contributed by atoms with E-state index in [9.17, 15) is 78.9 Å². The Bertz CT molecular complexity index is 2890. The smallest absolute Gasteiger partial charge is 0.526 e. The quantitative estimate of drug-likeness (QED) is 0.0383. The van der Waals surface area contributed by atoms with Gasteiger partial charge in [0.25, 0.3) is 0 Å². The minimum Gasteiger partial charge on any atom is -0.535 e. The Balaban J connectivity index is 0.000000205. The molecular weight excluding hydrogens is 1080 g/mol. The summed E-state index contributed by atoms with van der Waals surface area (Å²) in [7, 11) is -4.56. The Morgan fingerprint density at radius 2 is 0.655 bits per heavy atom. The van der Waals surface area contributed by atoms with Crippen molar-refractivity contribution in [3.63, 3.8) is 0 Å². The fourth-order valence-electron chi connectivity index (χ4n) is 11.0. The molecule has 4 aromatic carbocycles. The molecule has 448 valence electrons. The number of carboxylic acids is 4. The highest BCUT2D eigenvalue weighted by Crippen LogP contribution is 2.42. The van der Waals surface area contributed by atoms with Crippen LogP contribution in [0.2, 0.25) is 23.3 Å². The van der Waals surface area contributed by atoms with Gasteiger partial charge in [0.1, 0.15) is 68.4 Å². The Morgan fingerprint density at radius 1 is 0.393 bits per heavy atom. The van der Waals surface area contributed by atoms with Gasteiger partial charge in [-0.3, -0.25) is 19.2 Å². The van der Waals surface area contributed by atoms with Crippen molar-refractivity contribution in [1.29, 1.82) is 0 Å². The van der Waals surface area contributed by atoms with E-state index in [2.05, 4.69) is 0 Å². The number of aryl methyl sites for hydroxylation is 4. The molecule has 4 atom stereocenters. The van der Waals surface area contributed by atoms with E-state index < -0.39 is 52.4 Å². The van der Waals surface area contributed by atoms with Gasteiger partial charge in [-0.2, -0.15) is 0 Å². The van der Waals surface area contributed by atoms with Crippen LogP contribution in [0.4, 0.5) is 0 Å². The predicted octanol–water partition coefficient (Wildman–Crippen LogP) is 8.95. The van der Waals surface area contributed by atoms with E-state index in [0.717, 1.165) is 59.1 Å². The highest BCUT2D eigenvalue weighted by molar-refractivity contribution is 6.48. The normalized spacial score (nSPS) is 17.1. The molecule has 0 aliphatic carbocycles. The van der Waals surface area contributed by atoms with Crippen molar-refractivity contribution >= 4 is 75.5 Å². The first-order valence-corrected chi connectivity index (χ1v) is 28.6. The highest BCUT2D eigenvalue weighted by atomic mass is 16.5. The number of fused-ring (bicyclic) bond motifs is 4. The van der Waals surface area contributed by atoms with Gasteiger partial charge in [-0.05, 0) is 136 Å². The summed E-state index contributed by atoms with van der Waals surface area (Å²) in [6.07, 6.45) is 7.90. The number of rotatable bonds is 20. The van der Waals surface area contributed by atoms with E-state index in [1.165, 1.54) is 12.1 Å². The van der Waals surface area contributed by atoms with Crippen LogP contribution in [0, 0.1) is 27.7 Å². The number of hydrogen-bond donors (Lipinski definition) is 8. The van der Waals surface area contributed by atoms with Crippen LogP contribution in [0.25, 0.3) is 0 Å². The summed E-state index contributed by atoms with van der Waals surface area (Å²) in [5.74, 6) is -4.29. The fourth-order valence-corrected chi connectivity index (χ4v) is 11.0. The fraction of sp³-hybridized carbons (Fsp3) is 0.467. The zero-order valence-electron chi connectivity index (χ0n) is 49.0. The second kappa shape index (κ2) is 31.0. The lowest BCUT2D eigenvalue weighted by molar-refractivity contribution is -0.120. The second-order valence-corrected chi connectivity index (χ2v) is 22.2. The number of Topliss-reactive ketones (excluding diaryl/α,β-unsaturated/α-hetero) is 4. The zero-order chi connectivity index (χ0) is 62.3. The van der Waals surface area contributed by atoms with Crippen molar-refractivity contribution in [2.45, 2.75) is 181 Å². The minimum atomic E-state index is -1.14. The van der Waals surface area contributed by atoms with Crippen LogP contribution in [0.1, 0.15) is 191 Å². The maximum absolute atomic E-state index is 11.8. The molecule has 4 aliphatic heterocycles. The lowest BCUT2D eigenvalue weighted by Gasteiger charge is -2.28. The number of benzene rings is 4. The first-order chi connectivity index (χ1) is 39.7. The number of aromatic carboxylic acids is 4. The molecule has 0 radical (unpaired) electrons. The van der Waals surface area contributed by atoms with E-state index in [4.69, 9.17) is 18.6 Å². The Morgan fingerprint density at radius 3 is 0.905 bits per heavy atom. The molecule has 24 heteroatoms. The lowest BCUT2D eigenvalue weighted by Crippen LogP contribution is -2.36. The first-order valence-electron chi connectivity index (χ1n) is 28.6. The van der Waals surface area contributed by atoms with Gasteiger partial charge in [0, 0.05) is 74.6 Å². The molecule has 84 heavy (non-hydrogen) atoms. The van der Waals surface area contributed by atoms with Crippen molar-refractivity contribution in [2.75, 3.05) is 0 Å². The SMILES string of the molecule is CCCC(=O)C[C@H]1Cc2cc(C)cc(C(=O)O)c2OB1O.CCCC(=O)C[C@H]1Cc2cc(C)cc(C(=O)O)c2OB1O.CCCC(=O)C[C@H]1Cc2ccc(C)c(C(=O)O)c2OB1O.CCCC(=O)C[C@H]1Cc2ccc(C)c(C(=O)O)c2OB1O. The molecule has 4 heterocycles. The van der Waals surface area contributed by atoms with Gasteiger partial charge in [0.15, 0.2) is 0 Å². The van der Waals surface area contributed by atoms with Crippen molar-refractivity contribution in [3.05, 3.63) is 115 Å². The summed E-state index contributed by atoms with van der Waals surface area (Å²) in [5, 5.41) is 77.2. The van der Waals surface area contributed by atoms with E-state index in [1.807, 2.05) is 53.7 Å². The molecule has 0 saturated carbocycles. The molecule has 4 aliphatic rings. The van der Waals surface area contributed by atoms with Crippen LogP contribution in [-0.2, 0) is 44.9 Å². The van der Waals surface area contributed by atoms with E-state index in [-0.39, 0.29) is 117 Å². The standard InChI is InChI=1S/4C15H19BO5/c2*1-3-4-12(17)8-11-7-10-5-9(2)6-13(15(18)19)14(10)21-16(11)20;2*1-3-4-12(17)8-11-7-10-6-5-9(2)13(15(18)19)14(10)21-16(11)20/h4*5-6,11,20H,3-4,7-8H2,1-2H3,(H,18,19)/t4*11-/m1111/s1. The molecule has 0 unspecified atom stereocenters. The topological polar surface area (TPSA) is 335 Å². The van der Waals surface area contributed by atoms with Crippen LogP contribution in [0.3, 0.4) is 0 Å². The maximum Gasteiger partial charge on any atom is 0.526 e. The largest absolute Gasteiger partial charge is 0.535 e. The van der Waals surface area contributed by atoms with Crippen LogP contribution >= 0.6 is 0 Å². The average Bonchev–Trinajstić information content (AvgIpc) is 1.85. The molecule has 0 saturated heterocycles. The molecule has 8 rings (SSSR count). The molecule has 4 aromatic rings. The Kier molecular flexibility index (Phi) is 25.0. The summed E-state index contributed by atoms with van der Waals surface area (Å²) in [6, 6.07) is 13.8. The summed E-state index contributed by atoms with van der Waals surface area (Å²) < 4.78 is 21.6. The number of ketones is 4. The molecular formula is C60H76B4O20. The number of carbonyl (C=O) groups excluding carboxylic acids is 4. The first kappa shape index (κ1) is 67.5. The maximum atomic E-state index is 11.8. The monoisotopic (exact) mass is 1160 g/mol. The Labute approximate surface area is 490 Å². The van der Waals surface area contributed by atoms with Crippen LogP contribution in [0.15, 0.2) is 48.5 Å². The van der Waals surface area contributed by atoms with Crippen LogP contribution in [-0.4, -0.2) is 116 Å². The minimum absolute atomic E-state index is 0.0578. The molecule has 0 fully saturated rings. The molecule has 8 N–H and O–H groups in total. The van der Waals surface area contributed by atoms with Gasteiger partial charge in [-0.15, -0.1) is 0 Å².